The molecule has 1 aliphatic heterocycles. The zero-order valence-electron chi connectivity index (χ0n) is 14.5. The molecule has 1 fully saturated rings. The van der Waals surface area contributed by atoms with E-state index in [4.69, 9.17) is 21.1 Å². The minimum Gasteiger partial charge on any atom is -0.493 e. The van der Waals surface area contributed by atoms with E-state index < -0.39 is 17.0 Å². The fourth-order valence-electron chi connectivity index (χ4n) is 2.57. The van der Waals surface area contributed by atoms with Gasteiger partial charge in [0.05, 0.1) is 25.7 Å². The maximum atomic E-state index is 14.0. The maximum Gasteiger partial charge on any atom is 0.293 e. The normalized spacial score (nSPS) is 15.6. The molecule has 2 amide bonds. The minimum atomic E-state index is -0.564. The summed E-state index contributed by atoms with van der Waals surface area (Å²) in [7, 11) is 3.03. The lowest BCUT2D eigenvalue weighted by Crippen LogP contribution is -2.28. The molecular weight excluding hydrogens is 393 g/mol. The van der Waals surface area contributed by atoms with Crippen LogP contribution in [0.1, 0.15) is 11.1 Å². The van der Waals surface area contributed by atoms with Crippen molar-refractivity contribution in [2.45, 2.75) is 6.54 Å². The van der Waals surface area contributed by atoms with Crippen LogP contribution in [0.3, 0.4) is 0 Å². The van der Waals surface area contributed by atoms with E-state index in [1.54, 1.807) is 24.3 Å². The predicted octanol–water partition coefficient (Wildman–Crippen LogP) is 4.73. The Kier molecular flexibility index (Phi) is 5.72. The molecule has 0 aliphatic carbocycles. The van der Waals surface area contributed by atoms with E-state index in [9.17, 15) is 14.0 Å². The van der Waals surface area contributed by atoms with Crippen LogP contribution in [0.25, 0.3) is 6.08 Å². The quantitative estimate of drug-likeness (QED) is 0.670. The molecule has 5 nitrogen and oxygen atoms in total. The van der Waals surface area contributed by atoms with Gasteiger partial charge in [-0.05, 0) is 47.7 Å². The molecule has 27 heavy (non-hydrogen) atoms. The fraction of sp³-hybridized carbons (Fsp3) is 0.158. The number of ether oxygens (including phenoxy) is 2. The summed E-state index contributed by atoms with van der Waals surface area (Å²) in [6.45, 7) is -0.223. The van der Waals surface area contributed by atoms with E-state index in [1.807, 2.05) is 0 Å². The standard InChI is InChI=1S/C19H15ClFNO4S/c1-25-15-7-6-11(8-16(15)26-2)9-17-18(23)22(19(24)27-17)10-12-13(20)4-3-5-14(12)21/h3-9H,10H2,1-2H3/b17-9+. The number of benzene rings is 2. The summed E-state index contributed by atoms with van der Waals surface area (Å²) in [5, 5.41) is -0.316. The van der Waals surface area contributed by atoms with E-state index >= 15 is 0 Å². The molecular formula is C19H15ClFNO4S. The average Bonchev–Trinajstić information content (AvgIpc) is 2.91. The lowest BCUT2D eigenvalue weighted by atomic mass is 10.1. The Morgan fingerprint density at radius 3 is 2.56 bits per heavy atom. The molecule has 140 valence electrons. The number of hydrogen-bond acceptors (Lipinski definition) is 5. The molecule has 2 aromatic carbocycles. The van der Waals surface area contributed by atoms with Crippen molar-refractivity contribution >= 4 is 40.6 Å². The Hall–Kier alpha value is -2.51. The van der Waals surface area contributed by atoms with Gasteiger partial charge in [-0.3, -0.25) is 14.5 Å². The summed E-state index contributed by atoms with van der Waals surface area (Å²) in [6.07, 6.45) is 1.58. The summed E-state index contributed by atoms with van der Waals surface area (Å²) >= 11 is 6.79. The monoisotopic (exact) mass is 407 g/mol. The second-order valence-electron chi connectivity index (χ2n) is 5.58. The number of halogens is 2. The number of amides is 2. The molecule has 2 aromatic rings. The topological polar surface area (TPSA) is 55.8 Å². The summed E-state index contributed by atoms with van der Waals surface area (Å²) < 4.78 is 24.4. The van der Waals surface area contributed by atoms with Gasteiger partial charge in [-0.15, -0.1) is 0 Å². The molecule has 0 unspecified atom stereocenters. The maximum absolute atomic E-state index is 14.0. The molecule has 8 heteroatoms. The molecule has 3 rings (SSSR count). The second kappa shape index (κ2) is 8.02. The molecule has 1 aliphatic rings. The van der Waals surface area contributed by atoms with Crippen molar-refractivity contribution < 1.29 is 23.5 Å². The van der Waals surface area contributed by atoms with Gasteiger partial charge in [0.25, 0.3) is 11.1 Å². The first-order valence-electron chi connectivity index (χ1n) is 7.85. The van der Waals surface area contributed by atoms with Gasteiger partial charge < -0.3 is 9.47 Å². The van der Waals surface area contributed by atoms with Crippen molar-refractivity contribution in [3.8, 4) is 11.5 Å². The van der Waals surface area contributed by atoms with Gasteiger partial charge in [0, 0.05) is 10.6 Å². The van der Waals surface area contributed by atoms with E-state index in [1.165, 1.54) is 32.4 Å². The molecule has 1 saturated heterocycles. The van der Waals surface area contributed by atoms with Crippen LogP contribution in [-0.2, 0) is 11.3 Å². The van der Waals surface area contributed by atoms with Crippen LogP contribution < -0.4 is 9.47 Å². The Labute approximate surface area is 164 Å². The third-order valence-electron chi connectivity index (χ3n) is 3.96. The highest BCUT2D eigenvalue weighted by molar-refractivity contribution is 8.18. The van der Waals surface area contributed by atoms with Gasteiger partial charge >= 0.3 is 0 Å². The van der Waals surface area contributed by atoms with Crippen molar-refractivity contribution in [1.82, 2.24) is 4.90 Å². The highest BCUT2D eigenvalue weighted by Gasteiger charge is 2.35. The molecule has 0 aromatic heterocycles. The third-order valence-corrected chi connectivity index (χ3v) is 5.22. The van der Waals surface area contributed by atoms with Gasteiger partial charge in [0.1, 0.15) is 5.82 Å². The minimum absolute atomic E-state index is 0.105. The smallest absolute Gasteiger partial charge is 0.293 e. The number of rotatable bonds is 5. The lowest BCUT2D eigenvalue weighted by Gasteiger charge is -2.14. The van der Waals surface area contributed by atoms with Gasteiger partial charge in [-0.25, -0.2) is 4.39 Å². The van der Waals surface area contributed by atoms with E-state index in [2.05, 4.69) is 0 Å². The third kappa shape index (κ3) is 3.94. The van der Waals surface area contributed by atoms with Crippen LogP contribution in [0, 0.1) is 5.82 Å². The van der Waals surface area contributed by atoms with E-state index in [0.29, 0.717) is 17.1 Å². The van der Waals surface area contributed by atoms with Crippen molar-refractivity contribution in [2.75, 3.05) is 14.2 Å². The highest BCUT2D eigenvalue weighted by atomic mass is 35.5. The van der Waals surface area contributed by atoms with Crippen LogP contribution in [0.4, 0.5) is 9.18 Å². The van der Waals surface area contributed by atoms with Crippen LogP contribution in [0.5, 0.6) is 11.5 Å². The van der Waals surface area contributed by atoms with Crippen molar-refractivity contribution in [2.24, 2.45) is 0 Å². The zero-order valence-corrected chi connectivity index (χ0v) is 16.1. The largest absolute Gasteiger partial charge is 0.493 e. The molecule has 0 N–H and O–H groups in total. The molecule has 1 heterocycles. The average molecular weight is 408 g/mol. The lowest BCUT2D eigenvalue weighted by molar-refractivity contribution is -0.123. The van der Waals surface area contributed by atoms with Crippen molar-refractivity contribution in [3.63, 3.8) is 0 Å². The molecule has 0 radical (unpaired) electrons. The van der Waals surface area contributed by atoms with Crippen LogP contribution in [0.15, 0.2) is 41.3 Å². The van der Waals surface area contributed by atoms with Crippen LogP contribution >= 0.6 is 23.4 Å². The first-order chi connectivity index (χ1) is 12.9. The summed E-state index contributed by atoms with van der Waals surface area (Å²) in [6, 6.07) is 9.35. The Balaban J connectivity index is 1.87. The molecule has 0 saturated carbocycles. The number of methoxy groups -OCH3 is 2. The number of carbonyl (C=O) groups is 2. The number of nitrogens with zero attached hydrogens (tertiary/aromatic N) is 1. The summed E-state index contributed by atoms with van der Waals surface area (Å²) in [4.78, 5) is 26.1. The SMILES string of the molecule is COc1ccc(/C=C2/SC(=O)N(Cc3c(F)cccc3Cl)C2=O)cc1OC. The van der Waals surface area contributed by atoms with Gasteiger partial charge in [-0.2, -0.15) is 0 Å². The molecule has 0 atom stereocenters. The van der Waals surface area contributed by atoms with E-state index in [0.717, 1.165) is 16.7 Å². The summed E-state index contributed by atoms with van der Waals surface area (Å²) in [5.41, 5.74) is 0.774. The Morgan fingerprint density at radius 1 is 1.15 bits per heavy atom. The molecule has 0 spiro atoms. The number of imide groups is 1. The first-order valence-corrected chi connectivity index (χ1v) is 9.04. The Morgan fingerprint density at radius 2 is 1.89 bits per heavy atom. The predicted molar refractivity (Wildman–Crippen MR) is 102 cm³/mol. The van der Waals surface area contributed by atoms with Gasteiger partial charge in [-0.1, -0.05) is 23.7 Å². The number of carbonyl (C=O) groups excluding carboxylic acids is 2. The first kappa shape index (κ1) is 19.3. The van der Waals surface area contributed by atoms with Crippen molar-refractivity contribution in [1.29, 1.82) is 0 Å². The van der Waals surface area contributed by atoms with Crippen molar-refractivity contribution in [3.05, 3.63) is 63.3 Å². The van der Waals surface area contributed by atoms with E-state index in [-0.39, 0.29) is 22.0 Å². The summed E-state index contributed by atoms with van der Waals surface area (Å²) in [5.74, 6) is -0.00917. The molecule has 0 bridgehead atoms. The fourth-order valence-corrected chi connectivity index (χ4v) is 3.63. The zero-order chi connectivity index (χ0) is 19.6. The second-order valence-corrected chi connectivity index (χ2v) is 6.98. The van der Waals surface area contributed by atoms with Crippen LogP contribution in [-0.4, -0.2) is 30.3 Å². The Bertz CT molecular complexity index is 927. The van der Waals surface area contributed by atoms with Gasteiger partial charge in [0.15, 0.2) is 11.5 Å². The van der Waals surface area contributed by atoms with Crippen LogP contribution in [0.2, 0.25) is 5.02 Å². The van der Waals surface area contributed by atoms with Gasteiger partial charge in [0.2, 0.25) is 0 Å². The number of hydrogen-bond donors (Lipinski definition) is 0. The number of thioether (sulfide) groups is 1. The highest BCUT2D eigenvalue weighted by Crippen LogP contribution is 2.36.